The normalized spacial score (nSPS) is 17.7. The second-order valence-electron chi connectivity index (χ2n) is 7.45. The van der Waals surface area contributed by atoms with Crippen LogP contribution in [0.15, 0.2) is 36.4 Å². The minimum Gasteiger partial charge on any atom is -0.497 e. The third-order valence-electron chi connectivity index (χ3n) is 5.35. The molecular weight excluding hydrogens is 412 g/mol. The smallest absolute Gasteiger partial charge is 0.257 e. The van der Waals surface area contributed by atoms with Gasteiger partial charge >= 0.3 is 0 Å². The van der Waals surface area contributed by atoms with Crippen molar-refractivity contribution in [1.29, 1.82) is 0 Å². The van der Waals surface area contributed by atoms with Crippen LogP contribution >= 0.6 is 0 Å². The van der Waals surface area contributed by atoms with Gasteiger partial charge in [-0.15, -0.1) is 0 Å². The summed E-state index contributed by atoms with van der Waals surface area (Å²) < 4.78 is 57.9. The molecule has 2 aromatic carbocycles. The van der Waals surface area contributed by atoms with Gasteiger partial charge in [0.15, 0.2) is 9.84 Å². The number of nitrogens with zero attached hydrogens (tertiary/aromatic N) is 1. The van der Waals surface area contributed by atoms with Gasteiger partial charge in [-0.25, -0.2) is 17.2 Å². The lowest BCUT2D eigenvalue weighted by atomic mass is 10.0. The van der Waals surface area contributed by atoms with Crippen LogP contribution in [-0.2, 0) is 9.84 Å². The standard InChI is InChI=1S/C22H25F2NO4S/c1-3-4-10-25(16-9-11-30(27,28)14-16)22(26)19-7-5-15(12-20(19)23)18-8-6-17(29-2)13-21(18)24/h5-8,12-13,16H,3-4,9-11,14H2,1-2H3. The molecule has 0 radical (unpaired) electrons. The van der Waals surface area contributed by atoms with Gasteiger partial charge in [-0.3, -0.25) is 4.79 Å². The number of amides is 1. The van der Waals surface area contributed by atoms with E-state index in [4.69, 9.17) is 4.74 Å². The number of benzene rings is 2. The number of hydrogen-bond donors (Lipinski definition) is 0. The number of carbonyl (C=O) groups excluding carboxylic acids is 1. The molecule has 1 heterocycles. The Morgan fingerprint density at radius 1 is 1.17 bits per heavy atom. The van der Waals surface area contributed by atoms with Gasteiger partial charge in [-0.2, -0.15) is 0 Å². The Morgan fingerprint density at radius 3 is 2.50 bits per heavy atom. The molecule has 162 valence electrons. The number of halogens is 2. The molecule has 1 unspecified atom stereocenters. The average molecular weight is 438 g/mol. The van der Waals surface area contributed by atoms with Gasteiger partial charge in [0, 0.05) is 24.2 Å². The van der Waals surface area contributed by atoms with Gasteiger partial charge in [0.2, 0.25) is 0 Å². The molecule has 1 aliphatic rings. The predicted molar refractivity (Wildman–Crippen MR) is 111 cm³/mol. The summed E-state index contributed by atoms with van der Waals surface area (Å²) in [6.45, 7) is 2.33. The van der Waals surface area contributed by atoms with Crippen molar-refractivity contribution in [1.82, 2.24) is 4.90 Å². The van der Waals surface area contributed by atoms with Crippen LogP contribution in [0.4, 0.5) is 8.78 Å². The van der Waals surface area contributed by atoms with Gasteiger partial charge in [0.25, 0.3) is 5.91 Å². The summed E-state index contributed by atoms with van der Waals surface area (Å²) >= 11 is 0. The van der Waals surface area contributed by atoms with E-state index in [0.29, 0.717) is 30.7 Å². The van der Waals surface area contributed by atoms with Crippen LogP contribution in [0.3, 0.4) is 0 Å². The molecule has 5 nitrogen and oxygen atoms in total. The van der Waals surface area contributed by atoms with E-state index < -0.39 is 33.4 Å². The van der Waals surface area contributed by atoms with Crippen molar-refractivity contribution in [2.24, 2.45) is 0 Å². The molecule has 0 aliphatic carbocycles. The van der Waals surface area contributed by atoms with Gasteiger partial charge in [0.1, 0.15) is 17.4 Å². The molecule has 3 rings (SSSR count). The van der Waals surface area contributed by atoms with E-state index >= 15 is 0 Å². The van der Waals surface area contributed by atoms with Crippen molar-refractivity contribution in [2.75, 3.05) is 25.2 Å². The van der Waals surface area contributed by atoms with E-state index in [1.807, 2.05) is 6.92 Å². The monoisotopic (exact) mass is 437 g/mol. The third-order valence-corrected chi connectivity index (χ3v) is 7.10. The summed E-state index contributed by atoms with van der Waals surface area (Å²) in [5, 5.41) is 0. The SMILES string of the molecule is CCCCN(C(=O)c1ccc(-c2ccc(OC)cc2F)cc1F)C1CCS(=O)(=O)C1. The number of unbranched alkanes of at least 4 members (excludes halogenated alkanes) is 1. The Balaban J connectivity index is 1.89. The molecule has 30 heavy (non-hydrogen) atoms. The fourth-order valence-corrected chi connectivity index (χ4v) is 5.40. The summed E-state index contributed by atoms with van der Waals surface area (Å²) in [6.07, 6.45) is 1.87. The highest BCUT2D eigenvalue weighted by molar-refractivity contribution is 7.91. The summed E-state index contributed by atoms with van der Waals surface area (Å²) in [4.78, 5) is 14.5. The lowest BCUT2D eigenvalue weighted by Crippen LogP contribution is -2.42. The van der Waals surface area contributed by atoms with Crippen molar-refractivity contribution in [3.63, 3.8) is 0 Å². The summed E-state index contributed by atoms with van der Waals surface area (Å²) in [6, 6.07) is 7.76. The number of ether oxygens (including phenoxy) is 1. The van der Waals surface area contributed by atoms with Gasteiger partial charge in [-0.1, -0.05) is 19.4 Å². The zero-order valence-corrected chi connectivity index (χ0v) is 17.8. The number of methoxy groups -OCH3 is 1. The van der Waals surface area contributed by atoms with Crippen LogP contribution in [0.5, 0.6) is 5.75 Å². The van der Waals surface area contributed by atoms with E-state index in [1.165, 1.54) is 36.3 Å². The van der Waals surface area contributed by atoms with Crippen LogP contribution in [0, 0.1) is 11.6 Å². The third kappa shape index (κ3) is 4.80. The lowest BCUT2D eigenvalue weighted by Gasteiger charge is -2.28. The second-order valence-corrected chi connectivity index (χ2v) is 9.68. The first-order chi connectivity index (χ1) is 14.3. The highest BCUT2D eigenvalue weighted by atomic mass is 32.2. The second kappa shape index (κ2) is 9.12. The molecule has 0 N–H and O–H groups in total. The fourth-order valence-electron chi connectivity index (χ4n) is 3.67. The first kappa shape index (κ1) is 22.2. The maximum atomic E-state index is 14.9. The molecule has 0 spiro atoms. The van der Waals surface area contributed by atoms with E-state index in [1.54, 1.807) is 6.07 Å². The fraction of sp³-hybridized carbons (Fsp3) is 0.409. The Morgan fingerprint density at radius 2 is 1.93 bits per heavy atom. The molecule has 8 heteroatoms. The minimum absolute atomic E-state index is 0.0335. The van der Waals surface area contributed by atoms with Crippen LogP contribution in [0.2, 0.25) is 0 Å². The molecule has 1 atom stereocenters. The molecule has 0 bridgehead atoms. The Hall–Kier alpha value is -2.48. The molecule has 0 aromatic heterocycles. The van der Waals surface area contributed by atoms with Crippen LogP contribution < -0.4 is 4.74 Å². The van der Waals surface area contributed by atoms with Crippen molar-refractivity contribution in [3.8, 4) is 16.9 Å². The number of sulfone groups is 1. The quantitative estimate of drug-likeness (QED) is 0.655. The van der Waals surface area contributed by atoms with Crippen LogP contribution in [0.1, 0.15) is 36.5 Å². The van der Waals surface area contributed by atoms with E-state index in [2.05, 4.69) is 0 Å². The Labute approximate surface area is 175 Å². The highest BCUT2D eigenvalue weighted by Gasteiger charge is 2.35. The van der Waals surface area contributed by atoms with E-state index in [-0.39, 0.29) is 22.6 Å². The largest absolute Gasteiger partial charge is 0.497 e. The van der Waals surface area contributed by atoms with Crippen molar-refractivity contribution >= 4 is 15.7 Å². The average Bonchev–Trinajstić information content (AvgIpc) is 3.07. The first-order valence-electron chi connectivity index (χ1n) is 9.90. The van der Waals surface area contributed by atoms with Gasteiger partial charge in [-0.05, 0) is 42.7 Å². The van der Waals surface area contributed by atoms with Crippen LogP contribution in [-0.4, -0.2) is 50.4 Å². The summed E-state index contributed by atoms with van der Waals surface area (Å²) in [5.74, 6) is -1.58. The molecule has 1 aliphatic heterocycles. The highest BCUT2D eigenvalue weighted by Crippen LogP contribution is 2.29. The lowest BCUT2D eigenvalue weighted by molar-refractivity contribution is 0.0689. The zero-order chi connectivity index (χ0) is 21.9. The van der Waals surface area contributed by atoms with Crippen molar-refractivity contribution in [2.45, 2.75) is 32.2 Å². The number of rotatable bonds is 7. The molecule has 1 amide bonds. The summed E-state index contributed by atoms with van der Waals surface area (Å²) in [7, 11) is -1.76. The maximum absolute atomic E-state index is 14.9. The van der Waals surface area contributed by atoms with Gasteiger partial charge < -0.3 is 9.64 Å². The molecule has 0 saturated carbocycles. The van der Waals surface area contributed by atoms with E-state index in [0.717, 1.165) is 12.5 Å². The topological polar surface area (TPSA) is 63.7 Å². The number of hydrogen-bond acceptors (Lipinski definition) is 4. The molecular formula is C22H25F2NO4S. The minimum atomic E-state index is -3.18. The maximum Gasteiger partial charge on any atom is 0.257 e. The predicted octanol–water partition coefficient (Wildman–Crippen LogP) is 4.07. The zero-order valence-electron chi connectivity index (χ0n) is 17.0. The molecule has 1 saturated heterocycles. The Bertz CT molecular complexity index is 1040. The summed E-state index contributed by atoms with van der Waals surface area (Å²) in [5.41, 5.74) is 0.347. The van der Waals surface area contributed by atoms with E-state index in [9.17, 15) is 22.0 Å². The van der Waals surface area contributed by atoms with Gasteiger partial charge in [0.05, 0.1) is 24.2 Å². The van der Waals surface area contributed by atoms with Crippen LogP contribution in [0.25, 0.3) is 11.1 Å². The van der Waals surface area contributed by atoms with Crippen molar-refractivity contribution in [3.05, 3.63) is 53.6 Å². The first-order valence-corrected chi connectivity index (χ1v) is 11.7. The van der Waals surface area contributed by atoms with Crippen molar-refractivity contribution < 1.29 is 26.7 Å². The Kier molecular flexibility index (Phi) is 6.75. The molecule has 2 aromatic rings. The molecule has 1 fully saturated rings. The number of carbonyl (C=O) groups is 1.